The molecule has 0 N–H and O–H groups in total. The molecule has 0 saturated carbocycles. The SMILES string of the molecule is CN(Cc1c2ccccc2cc2ccccc12)C(=S)S. The number of hydrogen-bond acceptors (Lipinski definition) is 1. The molecule has 0 aromatic heterocycles. The highest BCUT2D eigenvalue weighted by atomic mass is 32.1. The standard InChI is InChI=1S/C17H15NS2/c1-18(17(19)20)11-16-14-8-4-2-6-12(14)10-13-7-3-5-9-15(13)16/h2-10H,11H2,1H3,(H,19,20). The van der Waals surface area contributed by atoms with Gasteiger partial charge in [0.25, 0.3) is 0 Å². The summed E-state index contributed by atoms with van der Waals surface area (Å²) in [6.45, 7) is 0.768. The molecule has 3 heteroatoms. The van der Waals surface area contributed by atoms with Crippen LogP contribution in [0, 0.1) is 0 Å². The molecule has 0 radical (unpaired) electrons. The number of thiocarbonyl (C=S) groups is 1. The first-order chi connectivity index (χ1) is 9.66. The van der Waals surface area contributed by atoms with Crippen molar-refractivity contribution in [2.24, 2.45) is 0 Å². The van der Waals surface area contributed by atoms with Gasteiger partial charge in [-0.2, -0.15) is 0 Å². The maximum atomic E-state index is 5.15. The zero-order chi connectivity index (χ0) is 14.1. The Morgan fingerprint density at radius 2 is 1.50 bits per heavy atom. The predicted molar refractivity (Wildman–Crippen MR) is 94.5 cm³/mol. The van der Waals surface area contributed by atoms with Gasteiger partial charge in [-0.1, -0.05) is 60.7 Å². The summed E-state index contributed by atoms with van der Waals surface area (Å²) in [6.07, 6.45) is 0. The van der Waals surface area contributed by atoms with Gasteiger partial charge < -0.3 is 4.90 Å². The van der Waals surface area contributed by atoms with Crippen LogP contribution < -0.4 is 0 Å². The first-order valence-corrected chi connectivity index (χ1v) is 7.36. The number of thiol groups is 1. The molecule has 0 fully saturated rings. The normalized spacial score (nSPS) is 10.9. The van der Waals surface area contributed by atoms with Crippen LogP contribution >= 0.6 is 24.8 Å². The minimum Gasteiger partial charge on any atom is -0.356 e. The van der Waals surface area contributed by atoms with Crippen LogP contribution in [0.25, 0.3) is 21.5 Å². The summed E-state index contributed by atoms with van der Waals surface area (Å²) >= 11 is 9.42. The largest absolute Gasteiger partial charge is 0.356 e. The van der Waals surface area contributed by atoms with Gasteiger partial charge >= 0.3 is 0 Å². The van der Waals surface area contributed by atoms with E-state index in [2.05, 4.69) is 67.2 Å². The Morgan fingerprint density at radius 1 is 1.00 bits per heavy atom. The van der Waals surface area contributed by atoms with Gasteiger partial charge in [0.1, 0.15) is 4.32 Å². The summed E-state index contributed by atoms with van der Waals surface area (Å²) in [5, 5.41) is 5.09. The van der Waals surface area contributed by atoms with Crippen molar-refractivity contribution < 1.29 is 0 Å². The molecule has 0 amide bonds. The second kappa shape index (κ2) is 5.43. The van der Waals surface area contributed by atoms with Gasteiger partial charge in [0.05, 0.1) is 0 Å². The van der Waals surface area contributed by atoms with Crippen LogP contribution in [0.4, 0.5) is 0 Å². The molecular weight excluding hydrogens is 282 g/mol. The molecular formula is C17H15NS2. The van der Waals surface area contributed by atoms with Crippen molar-refractivity contribution in [2.75, 3.05) is 7.05 Å². The van der Waals surface area contributed by atoms with E-state index in [1.54, 1.807) is 0 Å². The molecule has 3 aromatic rings. The molecule has 0 aliphatic rings. The van der Waals surface area contributed by atoms with Crippen LogP contribution in [0.5, 0.6) is 0 Å². The van der Waals surface area contributed by atoms with Crippen molar-refractivity contribution in [1.29, 1.82) is 0 Å². The van der Waals surface area contributed by atoms with Gasteiger partial charge in [0, 0.05) is 13.6 Å². The van der Waals surface area contributed by atoms with Gasteiger partial charge in [-0.3, -0.25) is 0 Å². The Bertz CT molecular complexity index is 741. The molecule has 1 nitrogen and oxygen atoms in total. The summed E-state index contributed by atoms with van der Waals surface area (Å²) in [6, 6.07) is 19.2. The number of benzene rings is 3. The zero-order valence-electron chi connectivity index (χ0n) is 11.2. The molecule has 0 spiro atoms. The molecule has 3 rings (SSSR count). The summed E-state index contributed by atoms with van der Waals surface area (Å²) in [5.74, 6) is 0. The molecule has 0 heterocycles. The fourth-order valence-electron chi connectivity index (χ4n) is 2.58. The van der Waals surface area contributed by atoms with Crippen LogP contribution in [-0.2, 0) is 6.54 Å². The fraction of sp³-hybridized carbons (Fsp3) is 0.118. The van der Waals surface area contributed by atoms with E-state index >= 15 is 0 Å². The van der Waals surface area contributed by atoms with Crippen LogP contribution in [-0.4, -0.2) is 16.3 Å². The molecule has 20 heavy (non-hydrogen) atoms. The summed E-state index contributed by atoms with van der Waals surface area (Å²) in [7, 11) is 1.98. The Labute approximate surface area is 129 Å². The van der Waals surface area contributed by atoms with Gasteiger partial charge in [-0.25, -0.2) is 0 Å². The Hall–Kier alpha value is -1.58. The number of hydrogen-bond donors (Lipinski definition) is 1. The van der Waals surface area contributed by atoms with E-state index in [4.69, 9.17) is 12.2 Å². The van der Waals surface area contributed by atoms with E-state index in [-0.39, 0.29) is 0 Å². The third-order valence-corrected chi connectivity index (χ3v) is 4.26. The van der Waals surface area contributed by atoms with Crippen molar-refractivity contribution in [3.63, 3.8) is 0 Å². The highest BCUT2D eigenvalue weighted by Crippen LogP contribution is 2.29. The van der Waals surface area contributed by atoms with Crippen LogP contribution in [0.15, 0.2) is 54.6 Å². The Morgan fingerprint density at radius 3 is 2.00 bits per heavy atom. The van der Waals surface area contributed by atoms with Gasteiger partial charge in [0.15, 0.2) is 0 Å². The number of nitrogens with zero attached hydrogens (tertiary/aromatic N) is 1. The van der Waals surface area contributed by atoms with E-state index in [9.17, 15) is 0 Å². The third-order valence-electron chi connectivity index (χ3n) is 3.60. The lowest BCUT2D eigenvalue weighted by atomic mass is 9.96. The molecule has 0 bridgehead atoms. The summed E-state index contributed by atoms with van der Waals surface area (Å²) in [4.78, 5) is 1.99. The van der Waals surface area contributed by atoms with E-state index in [0.717, 1.165) is 6.54 Å². The molecule has 0 unspecified atom stereocenters. The fourth-order valence-corrected chi connectivity index (χ4v) is 2.72. The third kappa shape index (κ3) is 2.39. The van der Waals surface area contributed by atoms with Crippen molar-refractivity contribution in [3.05, 3.63) is 60.2 Å². The molecule has 0 saturated heterocycles. The second-order valence-corrected chi connectivity index (χ2v) is 6.05. The monoisotopic (exact) mass is 297 g/mol. The van der Waals surface area contributed by atoms with Crippen molar-refractivity contribution in [3.8, 4) is 0 Å². The number of fused-ring (bicyclic) bond motifs is 2. The summed E-state index contributed by atoms with van der Waals surface area (Å²) < 4.78 is 0.613. The van der Waals surface area contributed by atoms with Crippen molar-refractivity contribution >= 4 is 50.7 Å². The highest BCUT2D eigenvalue weighted by Gasteiger charge is 2.10. The molecule has 0 aliphatic heterocycles. The van der Waals surface area contributed by atoms with E-state index < -0.39 is 0 Å². The number of rotatable bonds is 2. The smallest absolute Gasteiger partial charge is 0.133 e. The maximum Gasteiger partial charge on any atom is 0.133 e. The second-order valence-electron chi connectivity index (χ2n) is 4.94. The Balaban J connectivity index is 2.30. The summed E-state index contributed by atoms with van der Waals surface area (Å²) in [5.41, 5.74) is 1.30. The minimum absolute atomic E-state index is 0.613. The lowest BCUT2D eigenvalue weighted by Gasteiger charge is -2.19. The molecule has 0 aliphatic carbocycles. The Kier molecular flexibility index (Phi) is 3.64. The molecule has 100 valence electrons. The van der Waals surface area contributed by atoms with Gasteiger partial charge in [-0.05, 0) is 33.2 Å². The van der Waals surface area contributed by atoms with E-state index in [0.29, 0.717) is 4.32 Å². The highest BCUT2D eigenvalue weighted by molar-refractivity contribution is 8.10. The lowest BCUT2D eigenvalue weighted by Crippen LogP contribution is -2.20. The van der Waals surface area contributed by atoms with Gasteiger partial charge in [-0.15, -0.1) is 12.6 Å². The molecule has 3 aromatic carbocycles. The van der Waals surface area contributed by atoms with E-state index in [1.165, 1.54) is 27.1 Å². The van der Waals surface area contributed by atoms with Crippen LogP contribution in [0.2, 0.25) is 0 Å². The zero-order valence-corrected chi connectivity index (χ0v) is 12.9. The van der Waals surface area contributed by atoms with Crippen molar-refractivity contribution in [2.45, 2.75) is 6.54 Å². The minimum atomic E-state index is 0.613. The van der Waals surface area contributed by atoms with Crippen LogP contribution in [0.3, 0.4) is 0 Å². The van der Waals surface area contributed by atoms with Crippen LogP contribution in [0.1, 0.15) is 5.56 Å². The maximum absolute atomic E-state index is 5.15. The average molecular weight is 297 g/mol. The molecule has 0 atom stereocenters. The lowest BCUT2D eigenvalue weighted by molar-refractivity contribution is 0.524. The first-order valence-electron chi connectivity index (χ1n) is 6.50. The van der Waals surface area contributed by atoms with Crippen molar-refractivity contribution in [1.82, 2.24) is 4.90 Å². The predicted octanol–water partition coefficient (Wildman–Crippen LogP) is 4.64. The first kappa shape index (κ1) is 13.4. The average Bonchev–Trinajstić information content (AvgIpc) is 2.46. The van der Waals surface area contributed by atoms with Gasteiger partial charge in [0.2, 0.25) is 0 Å². The topological polar surface area (TPSA) is 3.24 Å². The quantitative estimate of drug-likeness (QED) is 0.417. The van der Waals surface area contributed by atoms with E-state index in [1.807, 2.05) is 11.9 Å².